The zero-order valence-electron chi connectivity index (χ0n) is 20.5. The highest BCUT2D eigenvalue weighted by Gasteiger charge is 2.28. The smallest absolute Gasteiger partial charge is 0.243 e. The monoisotopic (exact) mass is 498 g/mol. The Morgan fingerprint density at radius 3 is 2.77 bits per heavy atom. The number of amides is 1. The number of carbonyl (C=O) groups is 1. The fourth-order valence-electron chi connectivity index (χ4n) is 5.41. The fraction of sp³-hybridized carbons (Fsp3) is 0.560. The summed E-state index contributed by atoms with van der Waals surface area (Å²) in [6.07, 6.45) is 8.38. The van der Waals surface area contributed by atoms with Gasteiger partial charge in [-0.15, -0.1) is 0 Å². The Morgan fingerprint density at radius 1 is 1.20 bits per heavy atom. The molecule has 1 unspecified atom stereocenters. The predicted octanol–water partition coefficient (Wildman–Crippen LogP) is 3.09. The number of nitrogens with one attached hydrogen (secondary N) is 1. The molecule has 3 aromatic rings. The molecule has 1 fully saturated rings. The molecule has 0 spiro atoms. The van der Waals surface area contributed by atoms with Gasteiger partial charge in [0, 0.05) is 50.8 Å². The van der Waals surface area contributed by atoms with Crippen molar-refractivity contribution in [2.24, 2.45) is 7.05 Å². The highest BCUT2D eigenvalue weighted by Crippen LogP contribution is 2.29. The summed E-state index contributed by atoms with van der Waals surface area (Å²) in [4.78, 5) is 17.9. The van der Waals surface area contributed by atoms with Crippen molar-refractivity contribution in [1.82, 2.24) is 29.0 Å². The van der Waals surface area contributed by atoms with Crippen LogP contribution in [0.25, 0.3) is 11.0 Å². The number of aryl methyl sites for hydroxylation is 3. The first kappa shape index (κ1) is 24.0. The third-order valence-corrected chi connectivity index (χ3v) is 9.13. The summed E-state index contributed by atoms with van der Waals surface area (Å²) in [6.45, 7) is 4.02. The van der Waals surface area contributed by atoms with Gasteiger partial charge in [-0.3, -0.25) is 9.48 Å². The van der Waals surface area contributed by atoms with Crippen LogP contribution >= 0.6 is 0 Å². The Bertz CT molecular complexity index is 1340. The van der Waals surface area contributed by atoms with Gasteiger partial charge in [-0.2, -0.15) is 9.40 Å². The molecule has 35 heavy (non-hydrogen) atoms. The second-order valence-electron chi connectivity index (χ2n) is 9.62. The van der Waals surface area contributed by atoms with E-state index in [1.165, 1.54) is 5.69 Å². The van der Waals surface area contributed by atoms with Gasteiger partial charge in [0.2, 0.25) is 15.9 Å². The zero-order chi connectivity index (χ0) is 24.6. The molecule has 9 nitrogen and oxygen atoms in total. The van der Waals surface area contributed by atoms with Crippen molar-refractivity contribution in [2.75, 3.05) is 13.1 Å². The second-order valence-corrected chi connectivity index (χ2v) is 11.6. The molecule has 2 aliphatic rings. The number of sulfonamides is 1. The van der Waals surface area contributed by atoms with Gasteiger partial charge in [0.1, 0.15) is 5.82 Å². The van der Waals surface area contributed by atoms with Crippen molar-refractivity contribution in [2.45, 2.75) is 75.8 Å². The quantitative estimate of drug-likeness (QED) is 0.514. The van der Waals surface area contributed by atoms with E-state index in [1.54, 1.807) is 16.4 Å². The fourth-order valence-corrected chi connectivity index (χ4v) is 6.95. The first-order chi connectivity index (χ1) is 16.9. The van der Waals surface area contributed by atoms with Crippen LogP contribution in [0.15, 0.2) is 29.3 Å². The lowest BCUT2D eigenvalue weighted by molar-refractivity contribution is -0.121. The van der Waals surface area contributed by atoms with E-state index in [1.807, 2.05) is 24.0 Å². The number of hydrogen-bond acceptors (Lipinski definition) is 5. The van der Waals surface area contributed by atoms with Crippen molar-refractivity contribution in [3.05, 3.63) is 41.5 Å². The van der Waals surface area contributed by atoms with E-state index in [0.717, 1.165) is 62.0 Å². The summed E-state index contributed by atoms with van der Waals surface area (Å²) in [5.41, 5.74) is 3.90. The molecule has 3 heterocycles. The Balaban J connectivity index is 1.33. The number of aromatic nitrogens is 4. The third-order valence-electron chi connectivity index (χ3n) is 7.24. The Hall–Kier alpha value is -2.72. The molecule has 1 N–H and O–H groups in total. The average molecular weight is 499 g/mol. The van der Waals surface area contributed by atoms with Crippen LogP contribution in [-0.4, -0.2) is 51.1 Å². The van der Waals surface area contributed by atoms with Crippen molar-refractivity contribution >= 4 is 27.0 Å². The predicted molar refractivity (Wildman–Crippen MR) is 133 cm³/mol. The van der Waals surface area contributed by atoms with Gasteiger partial charge in [-0.1, -0.05) is 6.92 Å². The highest BCUT2D eigenvalue weighted by atomic mass is 32.2. The molecule has 1 saturated heterocycles. The molecule has 1 amide bonds. The summed E-state index contributed by atoms with van der Waals surface area (Å²) in [5.74, 6) is 0.817. The first-order valence-electron chi connectivity index (χ1n) is 12.7. The summed E-state index contributed by atoms with van der Waals surface area (Å²) in [5, 5.41) is 7.55. The Labute approximate surface area is 206 Å². The zero-order valence-corrected chi connectivity index (χ0v) is 21.4. The highest BCUT2D eigenvalue weighted by molar-refractivity contribution is 7.89. The maximum absolute atomic E-state index is 13.0. The van der Waals surface area contributed by atoms with Crippen molar-refractivity contribution < 1.29 is 13.2 Å². The van der Waals surface area contributed by atoms with Gasteiger partial charge < -0.3 is 9.88 Å². The van der Waals surface area contributed by atoms with Crippen LogP contribution in [-0.2, 0) is 41.3 Å². The maximum atomic E-state index is 13.0. The van der Waals surface area contributed by atoms with Gasteiger partial charge >= 0.3 is 0 Å². The van der Waals surface area contributed by atoms with Crippen LogP contribution in [0.2, 0.25) is 0 Å². The van der Waals surface area contributed by atoms with E-state index >= 15 is 0 Å². The van der Waals surface area contributed by atoms with E-state index < -0.39 is 10.0 Å². The molecule has 1 atom stereocenters. The summed E-state index contributed by atoms with van der Waals surface area (Å²) in [7, 11) is -1.55. The molecular formula is C25H34N6O3S. The minimum Gasteiger partial charge on any atom is -0.349 e. The average Bonchev–Trinajstić information content (AvgIpc) is 3.58. The standard InChI is InChI=1S/C25H34N6O3S/c1-3-13-31-23-10-9-18(35(33,34)30-14-4-5-15-30)16-21(23)27-24(31)11-12-25(32)28-20-7-6-8-22-19(20)17-26-29(22)2/h9-10,16-17,20H,3-8,11-15H2,1-2H3,(H,28,32). The van der Waals surface area contributed by atoms with Gasteiger partial charge in [0.05, 0.1) is 28.2 Å². The van der Waals surface area contributed by atoms with E-state index in [0.29, 0.717) is 36.3 Å². The van der Waals surface area contributed by atoms with Crippen molar-refractivity contribution in [3.8, 4) is 0 Å². The minimum absolute atomic E-state index is 0.000826. The number of benzene rings is 1. The molecule has 1 aliphatic heterocycles. The lowest BCUT2D eigenvalue weighted by Gasteiger charge is -2.23. The molecule has 1 aromatic carbocycles. The molecule has 5 rings (SSSR count). The van der Waals surface area contributed by atoms with Crippen LogP contribution in [0, 0.1) is 0 Å². The molecule has 188 valence electrons. The maximum Gasteiger partial charge on any atom is 0.243 e. The topological polar surface area (TPSA) is 102 Å². The number of nitrogens with zero attached hydrogens (tertiary/aromatic N) is 5. The lowest BCUT2D eigenvalue weighted by atomic mass is 9.93. The number of fused-ring (bicyclic) bond motifs is 2. The summed E-state index contributed by atoms with van der Waals surface area (Å²) < 4.78 is 31.6. The minimum atomic E-state index is -3.50. The number of rotatable bonds is 8. The number of carbonyl (C=O) groups excluding carboxylic acids is 1. The van der Waals surface area contributed by atoms with Crippen LogP contribution in [0.4, 0.5) is 0 Å². The van der Waals surface area contributed by atoms with Crippen LogP contribution in [0.5, 0.6) is 0 Å². The molecule has 1 aliphatic carbocycles. The first-order valence-corrected chi connectivity index (χ1v) is 14.1. The van der Waals surface area contributed by atoms with Gasteiger partial charge in [0.25, 0.3) is 0 Å². The lowest BCUT2D eigenvalue weighted by Crippen LogP contribution is -2.31. The van der Waals surface area contributed by atoms with Gasteiger partial charge in [0.15, 0.2) is 0 Å². The normalized spacial score (nSPS) is 18.7. The number of hydrogen-bond donors (Lipinski definition) is 1. The molecular weight excluding hydrogens is 464 g/mol. The van der Waals surface area contributed by atoms with Crippen LogP contribution in [0.3, 0.4) is 0 Å². The Kier molecular flexibility index (Phi) is 6.67. The summed E-state index contributed by atoms with van der Waals surface area (Å²) >= 11 is 0. The van der Waals surface area contributed by atoms with E-state index in [9.17, 15) is 13.2 Å². The molecule has 0 saturated carbocycles. The summed E-state index contributed by atoms with van der Waals surface area (Å²) in [6, 6.07) is 5.24. The van der Waals surface area contributed by atoms with Gasteiger partial charge in [-0.05, 0) is 56.7 Å². The van der Waals surface area contributed by atoms with E-state index in [2.05, 4.69) is 21.9 Å². The van der Waals surface area contributed by atoms with E-state index in [4.69, 9.17) is 4.98 Å². The van der Waals surface area contributed by atoms with Crippen molar-refractivity contribution in [3.63, 3.8) is 0 Å². The van der Waals surface area contributed by atoms with Crippen molar-refractivity contribution in [1.29, 1.82) is 0 Å². The Morgan fingerprint density at radius 2 is 2.00 bits per heavy atom. The third kappa shape index (κ3) is 4.61. The SMILES string of the molecule is CCCn1c(CCC(=O)NC2CCCc3c2cnn3C)nc2cc(S(=O)(=O)N3CCCC3)ccc21. The second kappa shape index (κ2) is 9.73. The molecule has 0 bridgehead atoms. The van der Waals surface area contributed by atoms with Gasteiger partial charge in [-0.25, -0.2) is 13.4 Å². The molecule has 0 radical (unpaired) electrons. The van der Waals surface area contributed by atoms with E-state index in [-0.39, 0.29) is 11.9 Å². The molecule has 2 aromatic heterocycles. The molecule has 10 heteroatoms. The van der Waals surface area contributed by atoms with Crippen LogP contribution < -0.4 is 5.32 Å². The van der Waals surface area contributed by atoms with Crippen LogP contribution in [0.1, 0.15) is 68.6 Å². The largest absolute Gasteiger partial charge is 0.349 e. The number of imidazole rings is 1.